The van der Waals surface area contributed by atoms with Gasteiger partial charge in [-0.15, -0.1) is 0 Å². The van der Waals surface area contributed by atoms with Crippen LogP contribution in [0.5, 0.6) is 0 Å². The van der Waals surface area contributed by atoms with Crippen molar-refractivity contribution in [3.63, 3.8) is 0 Å². The standard InChI is InChI=1S/C23H23F3N6O3/c1-12-9-32-18(10-30(12)19(33)6-14-4-15(24)21(26)16(25)5-14)17(8-27-32)31-11-23(3,7-20(31)34)22-28-13(2)29-35-22/h4-5,8,12H,6-7,9-11H2,1-3H3/t12-,23?/m0/s1. The highest BCUT2D eigenvalue weighted by Gasteiger charge is 2.47. The molecule has 2 aromatic heterocycles. The van der Waals surface area contributed by atoms with Crippen LogP contribution in [0.1, 0.15) is 43.2 Å². The van der Waals surface area contributed by atoms with E-state index in [1.807, 2.05) is 13.8 Å². The van der Waals surface area contributed by atoms with Crippen LogP contribution in [0.3, 0.4) is 0 Å². The third-order valence-electron chi connectivity index (χ3n) is 6.62. The lowest BCUT2D eigenvalue weighted by molar-refractivity contribution is -0.134. The number of benzene rings is 1. The summed E-state index contributed by atoms with van der Waals surface area (Å²) in [6.07, 6.45) is 1.49. The smallest absolute Gasteiger partial charge is 0.234 e. The monoisotopic (exact) mass is 488 g/mol. The van der Waals surface area contributed by atoms with Crippen molar-refractivity contribution in [3.05, 3.63) is 58.8 Å². The minimum Gasteiger partial charge on any atom is -0.339 e. The molecule has 1 saturated heterocycles. The van der Waals surface area contributed by atoms with Gasteiger partial charge in [-0.2, -0.15) is 10.1 Å². The maximum absolute atomic E-state index is 13.6. The number of halogens is 3. The van der Waals surface area contributed by atoms with E-state index in [-0.39, 0.29) is 42.8 Å². The second kappa shape index (κ2) is 8.21. The van der Waals surface area contributed by atoms with Crippen molar-refractivity contribution >= 4 is 17.5 Å². The zero-order valence-electron chi connectivity index (χ0n) is 19.4. The second-order valence-electron chi connectivity index (χ2n) is 9.44. The van der Waals surface area contributed by atoms with E-state index in [1.54, 1.807) is 27.6 Å². The largest absolute Gasteiger partial charge is 0.339 e. The van der Waals surface area contributed by atoms with Crippen LogP contribution in [0.25, 0.3) is 0 Å². The van der Waals surface area contributed by atoms with E-state index in [4.69, 9.17) is 4.52 Å². The van der Waals surface area contributed by atoms with Gasteiger partial charge in [-0.1, -0.05) is 5.16 Å². The number of hydrogen-bond donors (Lipinski definition) is 0. The van der Waals surface area contributed by atoms with E-state index in [2.05, 4.69) is 15.2 Å². The molecule has 2 aliphatic heterocycles. The first-order chi connectivity index (χ1) is 16.6. The fourth-order valence-corrected chi connectivity index (χ4v) is 4.76. The summed E-state index contributed by atoms with van der Waals surface area (Å²) >= 11 is 0. The van der Waals surface area contributed by atoms with Crippen molar-refractivity contribution in [2.45, 2.75) is 58.2 Å². The minimum absolute atomic E-state index is 0.0400. The van der Waals surface area contributed by atoms with Crippen molar-refractivity contribution in [3.8, 4) is 0 Å². The molecule has 5 rings (SSSR count). The predicted molar refractivity (Wildman–Crippen MR) is 116 cm³/mol. The summed E-state index contributed by atoms with van der Waals surface area (Å²) < 4.78 is 47.6. The molecule has 1 aromatic carbocycles. The average Bonchev–Trinajstić information content (AvgIpc) is 3.48. The third-order valence-corrected chi connectivity index (χ3v) is 6.62. The molecule has 2 aliphatic rings. The van der Waals surface area contributed by atoms with Crippen LogP contribution in [-0.4, -0.2) is 49.2 Å². The van der Waals surface area contributed by atoms with Crippen LogP contribution in [0, 0.1) is 24.4 Å². The maximum atomic E-state index is 13.6. The molecule has 35 heavy (non-hydrogen) atoms. The Balaban J connectivity index is 1.38. The number of hydrogen-bond acceptors (Lipinski definition) is 6. The number of carbonyl (C=O) groups is 2. The SMILES string of the molecule is Cc1noc(C2(C)CC(=O)N(c3cnn4c3CN(C(=O)Cc3cc(F)c(F)c(F)c3)[C@@H](C)C4)C2)n1. The molecule has 12 heteroatoms. The molecular weight excluding hydrogens is 465 g/mol. The lowest BCUT2D eigenvalue weighted by Crippen LogP contribution is -2.46. The average molecular weight is 488 g/mol. The van der Waals surface area contributed by atoms with Gasteiger partial charge in [-0.3, -0.25) is 14.3 Å². The predicted octanol–water partition coefficient (Wildman–Crippen LogP) is 2.66. The number of anilines is 1. The van der Waals surface area contributed by atoms with Gasteiger partial charge in [0, 0.05) is 19.0 Å². The number of aryl methyl sites for hydroxylation is 1. The Labute approximate surface area is 198 Å². The molecule has 4 heterocycles. The van der Waals surface area contributed by atoms with Crippen LogP contribution in [0.2, 0.25) is 0 Å². The van der Waals surface area contributed by atoms with Gasteiger partial charge in [-0.05, 0) is 38.5 Å². The number of fused-ring (bicyclic) bond motifs is 1. The van der Waals surface area contributed by atoms with Gasteiger partial charge in [0.1, 0.15) is 0 Å². The molecule has 0 aliphatic carbocycles. The van der Waals surface area contributed by atoms with E-state index >= 15 is 0 Å². The molecule has 0 bridgehead atoms. The van der Waals surface area contributed by atoms with E-state index in [0.29, 0.717) is 36.2 Å². The Morgan fingerprint density at radius 3 is 2.63 bits per heavy atom. The normalized spacial score (nSPS) is 22.1. The van der Waals surface area contributed by atoms with Gasteiger partial charge in [0.2, 0.25) is 17.7 Å². The van der Waals surface area contributed by atoms with Gasteiger partial charge < -0.3 is 14.3 Å². The fourth-order valence-electron chi connectivity index (χ4n) is 4.76. The van der Waals surface area contributed by atoms with Crippen LogP contribution < -0.4 is 4.90 Å². The molecule has 3 aromatic rings. The highest BCUT2D eigenvalue weighted by Crippen LogP contribution is 2.38. The Hall–Kier alpha value is -3.70. The van der Waals surface area contributed by atoms with Crippen molar-refractivity contribution < 1.29 is 27.3 Å². The molecule has 0 radical (unpaired) electrons. The maximum Gasteiger partial charge on any atom is 0.234 e. The zero-order valence-corrected chi connectivity index (χ0v) is 19.4. The molecule has 1 unspecified atom stereocenters. The van der Waals surface area contributed by atoms with Crippen molar-refractivity contribution in [1.82, 2.24) is 24.8 Å². The highest BCUT2D eigenvalue weighted by atomic mass is 19.2. The van der Waals surface area contributed by atoms with Crippen molar-refractivity contribution in [2.24, 2.45) is 0 Å². The lowest BCUT2D eigenvalue weighted by atomic mass is 9.89. The Kier molecular flexibility index (Phi) is 5.41. The Bertz CT molecular complexity index is 1310. The van der Waals surface area contributed by atoms with E-state index in [1.165, 1.54) is 0 Å². The molecule has 0 N–H and O–H groups in total. The topological polar surface area (TPSA) is 97.4 Å². The van der Waals surface area contributed by atoms with Crippen LogP contribution in [-0.2, 0) is 34.5 Å². The van der Waals surface area contributed by atoms with Crippen LogP contribution in [0.15, 0.2) is 22.9 Å². The Morgan fingerprint density at radius 2 is 1.97 bits per heavy atom. The van der Waals surface area contributed by atoms with Crippen LogP contribution >= 0.6 is 0 Å². The fraction of sp³-hybridized carbons (Fsp3) is 0.435. The van der Waals surface area contributed by atoms with E-state index in [9.17, 15) is 22.8 Å². The molecule has 9 nitrogen and oxygen atoms in total. The number of rotatable bonds is 4. The van der Waals surface area contributed by atoms with Gasteiger partial charge in [-0.25, -0.2) is 13.2 Å². The summed E-state index contributed by atoms with van der Waals surface area (Å²) in [5.41, 5.74) is 0.630. The first kappa shape index (κ1) is 23.1. The van der Waals surface area contributed by atoms with E-state index < -0.39 is 22.9 Å². The molecule has 0 saturated carbocycles. The van der Waals surface area contributed by atoms with Gasteiger partial charge in [0.25, 0.3) is 0 Å². The summed E-state index contributed by atoms with van der Waals surface area (Å²) in [4.78, 5) is 33.5. The summed E-state index contributed by atoms with van der Waals surface area (Å²) in [5, 5.41) is 8.25. The quantitative estimate of drug-likeness (QED) is 0.524. The molecule has 184 valence electrons. The second-order valence-corrected chi connectivity index (χ2v) is 9.44. The number of nitrogens with zero attached hydrogens (tertiary/aromatic N) is 6. The molecular formula is C23H23F3N6O3. The summed E-state index contributed by atoms with van der Waals surface area (Å²) in [6.45, 7) is 6.28. The van der Waals surface area contributed by atoms with Gasteiger partial charge in [0.05, 0.1) is 42.5 Å². The molecule has 2 amide bonds. The number of aromatic nitrogens is 4. The third kappa shape index (κ3) is 3.96. The first-order valence-electron chi connectivity index (χ1n) is 11.1. The Morgan fingerprint density at radius 1 is 1.26 bits per heavy atom. The van der Waals surface area contributed by atoms with Gasteiger partial charge in [0.15, 0.2) is 23.3 Å². The van der Waals surface area contributed by atoms with Crippen molar-refractivity contribution in [1.29, 1.82) is 0 Å². The zero-order chi connectivity index (χ0) is 25.1. The lowest BCUT2D eigenvalue weighted by Gasteiger charge is -2.35. The molecule has 2 atom stereocenters. The molecule has 1 fully saturated rings. The van der Waals surface area contributed by atoms with Gasteiger partial charge >= 0.3 is 0 Å². The van der Waals surface area contributed by atoms with E-state index in [0.717, 1.165) is 12.1 Å². The summed E-state index contributed by atoms with van der Waals surface area (Å²) in [6, 6.07) is 1.39. The summed E-state index contributed by atoms with van der Waals surface area (Å²) in [7, 11) is 0. The van der Waals surface area contributed by atoms with Crippen LogP contribution in [0.4, 0.5) is 18.9 Å². The molecule has 0 spiro atoms. The summed E-state index contributed by atoms with van der Waals surface area (Å²) in [5.74, 6) is -3.89. The number of carbonyl (C=O) groups excluding carboxylic acids is 2. The highest BCUT2D eigenvalue weighted by molar-refractivity contribution is 5.97. The van der Waals surface area contributed by atoms with Crippen molar-refractivity contribution in [2.75, 3.05) is 11.4 Å². The minimum atomic E-state index is -1.57. The first-order valence-corrected chi connectivity index (χ1v) is 11.1. The number of amides is 2.